The van der Waals surface area contributed by atoms with E-state index in [9.17, 15) is 4.39 Å². The molecule has 0 spiro atoms. The van der Waals surface area contributed by atoms with Gasteiger partial charge in [0.2, 0.25) is 0 Å². The standard InChI is InChI=1S/C16H17FN2O/c1-10-4-2-6-12(14(10)17)15(19-18)13-7-3-5-11-8-9-20-16(11)13/h2-7,15,19H,8-9,18H2,1H3. The van der Waals surface area contributed by atoms with Gasteiger partial charge < -0.3 is 4.74 Å². The summed E-state index contributed by atoms with van der Waals surface area (Å²) in [5, 5.41) is 0. The molecule has 1 unspecified atom stereocenters. The SMILES string of the molecule is Cc1cccc(C(NN)c2cccc3c2OCC3)c1F. The smallest absolute Gasteiger partial charge is 0.131 e. The van der Waals surface area contributed by atoms with Crippen LogP contribution >= 0.6 is 0 Å². The van der Waals surface area contributed by atoms with Gasteiger partial charge in [0.15, 0.2) is 0 Å². The summed E-state index contributed by atoms with van der Waals surface area (Å²) in [5.74, 6) is 6.28. The third-order valence-electron chi connectivity index (χ3n) is 3.76. The van der Waals surface area contributed by atoms with Crippen LogP contribution < -0.4 is 16.0 Å². The molecular formula is C16H17FN2O. The van der Waals surface area contributed by atoms with Crippen LogP contribution in [-0.2, 0) is 6.42 Å². The lowest BCUT2D eigenvalue weighted by atomic mass is 9.95. The number of nitrogens with one attached hydrogen (secondary N) is 1. The molecule has 1 atom stereocenters. The van der Waals surface area contributed by atoms with E-state index < -0.39 is 6.04 Å². The summed E-state index contributed by atoms with van der Waals surface area (Å²) in [4.78, 5) is 0. The molecule has 0 radical (unpaired) electrons. The number of fused-ring (bicyclic) bond motifs is 1. The molecule has 3 rings (SSSR count). The number of aryl methyl sites for hydroxylation is 1. The van der Waals surface area contributed by atoms with Crippen molar-refractivity contribution in [1.29, 1.82) is 0 Å². The molecule has 0 saturated heterocycles. The summed E-state index contributed by atoms with van der Waals surface area (Å²) >= 11 is 0. The number of nitrogens with two attached hydrogens (primary N) is 1. The molecule has 0 fully saturated rings. The Morgan fingerprint density at radius 1 is 1.20 bits per heavy atom. The number of hydrogen-bond donors (Lipinski definition) is 2. The highest BCUT2D eigenvalue weighted by Crippen LogP contribution is 2.36. The van der Waals surface area contributed by atoms with Crippen molar-refractivity contribution in [1.82, 2.24) is 5.43 Å². The van der Waals surface area contributed by atoms with Gasteiger partial charge in [0.05, 0.1) is 12.6 Å². The summed E-state index contributed by atoms with van der Waals surface area (Å²) < 4.78 is 20.0. The molecular weight excluding hydrogens is 255 g/mol. The highest BCUT2D eigenvalue weighted by atomic mass is 19.1. The molecule has 1 aliphatic rings. The summed E-state index contributed by atoms with van der Waals surface area (Å²) in [7, 11) is 0. The molecule has 1 aliphatic heterocycles. The van der Waals surface area contributed by atoms with Gasteiger partial charge in [0.25, 0.3) is 0 Å². The summed E-state index contributed by atoms with van der Waals surface area (Å²) in [6, 6.07) is 10.8. The lowest BCUT2D eigenvalue weighted by Crippen LogP contribution is -2.30. The largest absolute Gasteiger partial charge is 0.493 e. The maximum absolute atomic E-state index is 14.3. The van der Waals surface area contributed by atoms with Crippen molar-refractivity contribution in [2.45, 2.75) is 19.4 Å². The molecule has 3 nitrogen and oxygen atoms in total. The van der Waals surface area contributed by atoms with Crippen LogP contribution in [0.3, 0.4) is 0 Å². The summed E-state index contributed by atoms with van der Waals surface area (Å²) in [5.41, 5.74) is 5.89. The maximum atomic E-state index is 14.3. The Labute approximate surface area is 117 Å². The molecule has 0 saturated carbocycles. The van der Waals surface area contributed by atoms with Crippen molar-refractivity contribution >= 4 is 0 Å². The number of para-hydroxylation sites is 1. The van der Waals surface area contributed by atoms with Crippen LogP contribution in [-0.4, -0.2) is 6.61 Å². The highest BCUT2D eigenvalue weighted by molar-refractivity contribution is 5.49. The molecule has 4 heteroatoms. The van der Waals surface area contributed by atoms with E-state index in [1.807, 2.05) is 24.3 Å². The molecule has 20 heavy (non-hydrogen) atoms. The quantitative estimate of drug-likeness (QED) is 0.667. The lowest BCUT2D eigenvalue weighted by molar-refractivity contribution is 0.350. The van der Waals surface area contributed by atoms with E-state index >= 15 is 0 Å². The van der Waals surface area contributed by atoms with Gasteiger partial charge in [-0.25, -0.2) is 9.82 Å². The van der Waals surface area contributed by atoms with Gasteiger partial charge in [0.1, 0.15) is 11.6 Å². The molecule has 0 aromatic heterocycles. The number of hydrogen-bond acceptors (Lipinski definition) is 3. The Balaban J connectivity index is 2.11. The molecule has 104 valence electrons. The zero-order valence-electron chi connectivity index (χ0n) is 11.3. The third-order valence-corrected chi connectivity index (χ3v) is 3.76. The maximum Gasteiger partial charge on any atom is 0.131 e. The normalized spacial score (nSPS) is 14.8. The van der Waals surface area contributed by atoms with Crippen LogP contribution in [0, 0.1) is 12.7 Å². The van der Waals surface area contributed by atoms with Crippen LogP contribution in [0.5, 0.6) is 5.75 Å². The fourth-order valence-electron chi connectivity index (χ4n) is 2.71. The van der Waals surface area contributed by atoms with E-state index in [-0.39, 0.29) is 5.82 Å². The van der Waals surface area contributed by atoms with Gasteiger partial charge in [-0.05, 0) is 18.1 Å². The molecule has 3 N–H and O–H groups in total. The number of halogens is 1. The molecule has 2 aromatic carbocycles. The highest BCUT2D eigenvalue weighted by Gasteiger charge is 2.24. The molecule has 2 aromatic rings. The predicted molar refractivity (Wildman–Crippen MR) is 75.9 cm³/mol. The van der Waals surface area contributed by atoms with E-state index in [2.05, 4.69) is 5.43 Å². The number of benzene rings is 2. The predicted octanol–water partition coefficient (Wildman–Crippen LogP) is 2.62. The zero-order valence-corrected chi connectivity index (χ0v) is 11.3. The van der Waals surface area contributed by atoms with Gasteiger partial charge in [0, 0.05) is 17.5 Å². The van der Waals surface area contributed by atoms with Gasteiger partial charge in [-0.3, -0.25) is 5.84 Å². The fourth-order valence-corrected chi connectivity index (χ4v) is 2.71. The van der Waals surface area contributed by atoms with Crippen LogP contribution in [0.15, 0.2) is 36.4 Å². The molecule has 0 bridgehead atoms. The summed E-state index contributed by atoms with van der Waals surface area (Å²) in [6.07, 6.45) is 0.886. The van der Waals surface area contributed by atoms with Gasteiger partial charge in [-0.1, -0.05) is 36.4 Å². The van der Waals surface area contributed by atoms with Crippen molar-refractivity contribution < 1.29 is 9.13 Å². The first-order chi connectivity index (χ1) is 9.72. The average Bonchev–Trinajstić information content (AvgIpc) is 2.93. The van der Waals surface area contributed by atoms with Crippen molar-refractivity contribution in [2.75, 3.05) is 6.61 Å². The Bertz CT molecular complexity index is 642. The van der Waals surface area contributed by atoms with Crippen LogP contribution in [0.25, 0.3) is 0 Å². The number of ether oxygens (including phenoxy) is 1. The monoisotopic (exact) mass is 272 g/mol. The first kappa shape index (κ1) is 13.1. The van der Waals surface area contributed by atoms with Crippen LogP contribution in [0.1, 0.15) is 28.3 Å². The second kappa shape index (κ2) is 5.23. The number of hydrazine groups is 1. The van der Waals surface area contributed by atoms with Crippen LogP contribution in [0.4, 0.5) is 4.39 Å². The second-order valence-electron chi connectivity index (χ2n) is 5.01. The number of rotatable bonds is 3. The molecule has 0 amide bonds. The van der Waals surface area contributed by atoms with E-state index in [1.165, 1.54) is 0 Å². The third kappa shape index (κ3) is 2.07. The topological polar surface area (TPSA) is 47.3 Å². The second-order valence-corrected chi connectivity index (χ2v) is 5.01. The Hall–Kier alpha value is -1.91. The Morgan fingerprint density at radius 3 is 2.75 bits per heavy atom. The molecule has 0 aliphatic carbocycles. The van der Waals surface area contributed by atoms with Gasteiger partial charge >= 0.3 is 0 Å². The van der Waals surface area contributed by atoms with Gasteiger partial charge in [-0.15, -0.1) is 0 Å². The first-order valence-corrected chi connectivity index (χ1v) is 6.68. The minimum absolute atomic E-state index is 0.231. The lowest BCUT2D eigenvalue weighted by Gasteiger charge is -2.20. The fraction of sp³-hybridized carbons (Fsp3) is 0.250. The zero-order chi connectivity index (χ0) is 14.1. The first-order valence-electron chi connectivity index (χ1n) is 6.68. The summed E-state index contributed by atoms with van der Waals surface area (Å²) in [6.45, 7) is 2.41. The average molecular weight is 272 g/mol. The van der Waals surface area contributed by atoms with Crippen molar-refractivity contribution in [3.05, 3.63) is 64.5 Å². The Kier molecular flexibility index (Phi) is 3.42. The molecule has 1 heterocycles. The van der Waals surface area contributed by atoms with E-state index in [0.717, 1.165) is 23.3 Å². The van der Waals surface area contributed by atoms with Crippen molar-refractivity contribution in [2.24, 2.45) is 5.84 Å². The van der Waals surface area contributed by atoms with Gasteiger partial charge in [-0.2, -0.15) is 0 Å². The van der Waals surface area contributed by atoms with E-state index in [1.54, 1.807) is 19.1 Å². The van der Waals surface area contributed by atoms with E-state index in [0.29, 0.717) is 17.7 Å². The van der Waals surface area contributed by atoms with Crippen molar-refractivity contribution in [3.8, 4) is 5.75 Å². The van der Waals surface area contributed by atoms with Crippen molar-refractivity contribution in [3.63, 3.8) is 0 Å². The van der Waals surface area contributed by atoms with Crippen LogP contribution in [0.2, 0.25) is 0 Å². The minimum atomic E-state index is -0.414. The minimum Gasteiger partial charge on any atom is -0.493 e. The van der Waals surface area contributed by atoms with E-state index in [4.69, 9.17) is 10.6 Å². The Morgan fingerprint density at radius 2 is 1.95 bits per heavy atom.